The predicted molar refractivity (Wildman–Crippen MR) is 102 cm³/mol. The Bertz CT molecular complexity index is 809. The summed E-state index contributed by atoms with van der Waals surface area (Å²) in [5.74, 6) is 5.13. The molecule has 2 rings (SSSR count). The fourth-order valence-corrected chi connectivity index (χ4v) is 3.35. The fourth-order valence-electron chi connectivity index (χ4n) is 3.35. The third-order valence-corrected chi connectivity index (χ3v) is 4.69. The molecular formula is C22H26O5. The van der Waals surface area contributed by atoms with Crippen molar-refractivity contribution in [3.05, 3.63) is 41.0 Å². The zero-order valence-electron chi connectivity index (χ0n) is 16.6. The van der Waals surface area contributed by atoms with Gasteiger partial charge >= 0.3 is 11.9 Å². The van der Waals surface area contributed by atoms with E-state index in [0.717, 1.165) is 22.3 Å². The molecule has 1 aromatic rings. The number of methoxy groups -OCH3 is 2. The van der Waals surface area contributed by atoms with Crippen LogP contribution in [-0.2, 0) is 19.1 Å². The van der Waals surface area contributed by atoms with Gasteiger partial charge in [0.1, 0.15) is 12.4 Å². The zero-order chi connectivity index (χ0) is 20.2. The van der Waals surface area contributed by atoms with E-state index in [9.17, 15) is 9.59 Å². The molecule has 0 radical (unpaired) electrons. The van der Waals surface area contributed by atoms with Crippen molar-refractivity contribution in [1.29, 1.82) is 0 Å². The van der Waals surface area contributed by atoms with Crippen LogP contribution in [0.15, 0.2) is 24.3 Å². The molecule has 0 aliphatic heterocycles. The number of carbonyl (C=O) groups is 2. The van der Waals surface area contributed by atoms with E-state index >= 15 is 0 Å². The smallest absolute Gasteiger partial charge is 0.323 e. The molecule has 0 saturated heterocycles. The van der Waals surface area contributed by atoms with Crippen molar-refractivity contribution in [2.45, 2.75) is 39.5 Å². The second kappa shape index (κ2) is 8.30. The Morgan fingerprint density at radius 1 is 1.19 bits per heavy atom. The number of carbonyl (C=O) groups excluding carboxylic acids is 2. The largest absolute Gasteiger partial charge is 0.480 e. The lowest BCUT2D eigenvalue weighted by Crippen LogP contribution is -2.30. The maximum Gasteiger partial charge on any atom is 0.323 e. The van der Waals surface area contributed by atoms with Gasteiger partial charge in [0.05, 0.1) is 14.2 Å². The van der Waals surface area contributed by atoms with E-state index in [-0.39, 0.29) is 12.5 Å². The van der Waals surface area contributed by atoms with Gasteiger partial charge in [-0.1, -0.05) is 41.7 Å². The molecule has 1 aliphatic carbocycles. The quantitative estimate of drug-likeness (QED) is 0.332. The molecule has 0 amide bonds. The van der Waals surface area contributed by atoms with Crippen molar-refractivity contribution in [3.8, 4) is 17.6 Å². The molecule has 5 heteroatoms. The van der Waals surface area contributed by atoms with Crippen molar-refractivity contribution in [1.82, 2.24) is 0 Å². The Morgan fingerprint density at radius 3 is 2.37 bits per heavy atom. The van der Waals surface area contributed by atoms with Crippen LogP contribution in [0.5, 0.6) is 5.75 Å². The molecule has 1 saturated carbocycles. The van der Waals surface area contributed by atoms with Gasteiger partial charge in [-0.2, -0.15) is 0 Å². The van der Waals surface area contributed by atoms with Crippen molar-refractivity contribution < 1.29 is 23.8 Å². The first-order chi connectivity index (χ1) is 12.8. The second-order valence-corrected chi connectivity index (χ2v) is 6.99. The summed E-state index contributed by atoms with van der Waals surface area (Å²) in [6.45, 7) is 9.86. The third kappa shape index (κ3) is 4.16. The number of hydrogen-bond donors (Lipinski definition) is 0. The lowest BCUT2D eigenvalue weighted by Gasteiger charge is -2.17. The zero-order valence-corrected chi connectivity index (χ0v) is 16.6. The predicted octanol–water partition coefficient (Wildman–Crippen LogP) is 3.47. The van der Waals surface area contributed by atoms with Crippen molar-refractivity contribution >= 4 is 11.9 Å². The van der Waals surface area contributed by atoms with Crippen LogP contribution < -0.4 is 4.74 Å². The SMILES string of the molecule is C=C(C)CC#CCOc1c(C)cc(C)cc1C1CC1(C(=O)OC)C(=O)OC. The number of aryl methyl sites for hydroxylation is 2. The summed E-state index contributed by atoms with van der Waals surface area (Å²) in [7, 11) is 2.55. The monoisotopic (exact) mass is 370 g/mol. The van der Waals surface area contributed by atoms with Gasteiger partial charge in [0.25, 0.3) is 0 Å². The van der Waals surface area contributed by atoms with Crippen molar-refractivity contribution in [2.24, 2.45) is 5.41 Å². The van der Waals surface area contributed by atoms with Gasteiger partial charge in [0.15, 0.2) is 5.41 Å². The maximum absolute atomic E-state index is 12.3. The minimum absolute atomic E-state index is 0.223. The molecule has 0 N–H and O–H groups in total. The van der Waals surface area contributed by atoms with Gasteiger partial charge in [0, 0.05) is 12.3 Å². The van der Waals surface area contributed by atoms with Crippen LogP contribution in [0.4, 0.5) is 0 Å². The molecule has 0 heterocycles. The lowest BCUT2D eigenvalue weighted by molar-refractivity contribution is -0.161. The van der Waals surface area contributed by atoms with Crippen LogP contribution in [0.25, 0.3) is 0 Å². The molecule has 0 bridgehead atoms. The number of allylic oxidation sites excluding steroid dienone is 1. The first-order valence-electron chi connectivity index (χ1n) is 8.78. The average molecular weight is 370 g/mol. The summed E-state index contributed by atoms with van der Waals surface area (Å²) in [5.41, 5.74) is 2.47. The van der Waals surface area contributed by atoms with E-state index in [0.29, 0.717) is 18.6 Å². The second-order valence-electron chi connectivity index (χ2n) is 6.99. The molecule has 27 heavy (non-hydrogen) atoms. The Labute approximate surface area is 160 Å². The van der Waals surface area contributed by atoms with E-state index in [2.05, 4.69) is 18.4 Å². The third-order valence-electron chi connectivity index (χ3n) is 4.69. The molecular weight excluding hydrogens is 344 g/mol. The summed E-state index contributed by atoms with van der Waals surface area (Å²) in [4.78, 5) is 24.7. The normalized spacial score (nSPS) is 16.6. The molecule has 144 valence electrons. The molecule has 5 nitrogen and oxygen atoms in total. The van der Waals surface area contributed by atoms with E-state index in [4.69, 9.17) is 14.2 Å². The highest BCUT2D eigenvalue weighted by Crippen LogP contribution is 2.62. The Kier molecular flexibility index (Phi) is 6.32. The molecule has 1 aliphatic rings. The van der Waals surface area contributed by atoms with Crippen LogP contribution in [-0.4, -0.2) is 32.8 Å². The van der Waals surface area contributed by atoms with Crippen LogP contribution >= 0.6 is 0 Å². The topological polar surface area (TPSA) is 61.8 Å². The van der Waals surface area contributed by atoms with Crippen LogP contribution in [0.3, 0.4) is 0 Å². The first kappa shape index (κ1) is 20.6. The van der Waals surface area contributed by atoms with E-state index in [1.54, 1.807) is 0 Å². The van der Waals surface area contributed by atoms with Gasteiger partial charge in [-0.05, 0) is 38.3 Å². The van der Waals surface area contributed by atoms with Gasteiger partial charge in [-0.3, -0.25) is 9.59 Å². The molecule has 1 aromatic carbocycles. The summed E-state index contributed by atoms with van der Waals surface area (Å²) in [5, 5.41) is 0. The van der Waals surface area contributed by atoms with Gasteiger partial charge in [0.2, 0.25) is 0 Å². The number of benzene rings is 1. The van der Waals surface area contributed by atoms with E-state index in [1.807, 2.05) is 32.9 Å². The molecule has 0 spiro atoms. The van der Waals surface area contributed by atoms with Gasteiger partial charge in [-0.15, -0.1) is 0 Å². The number of hydrogen-bond acceptors (Lipinski definition) is 5. The van der Waals surface area contributed by atoms with E-state index < -0.39 is 17.4 Å². The molecule has 1 atom stereocenters. The van der Waals surface area contributed by atoms with Gasteiger partial charge < -0.3 is 14.2 Å². The molecule has 1 fully saturated rings. The van der Waals surface area contributed by atoms with Crippen molar-refractivity contribution in [3.63, 3.8) is 0 Å². The highest BCUT2D eigenvalue weighted by atomic mass is 16.5. The summed E-state index contributed by atoms with van der Waals surface area (Å²) >= 11 is 0. The summed E-state index contributed by atoms with van der Waals surface area (Å²) < 4.78 is 15.7. The molecule has 0 aromatic heterocycles. The standard InChI is InChI=1S/C22H26O5/c1-14(2)9-7-8-10-27-19-16(4)11-15(3)12-17(19)18-13-22(18,20(23)25-5)21(24)26-6/h11-12,18H,1,9-10,13H2,2-6H3. The number of ether oxygens (including phenoxy) is 3. The lowest BCUT2D eigenvalue weighted by atomic mass is 9.95. The van der Waals surface area contributed by atoms with Crippen LogP contribution in [0, 0.1) is 31.1 Å². The first-order valence-corrected chi connectivity index (χ1v) is 8.78. The number of rotatable bonds is 6. The van der Waals surface area contributed by atoms with Crippen molar-refractivity contribution in [2.75, 3.05) is 20.8 Å². The number of esters is 2. The van der Waals surface area contributed by atoms with Crippen LogP contribution in [0.2, 0.25) is 0 Å². The Hall–Kier alpha value is -2.74. The van der Waals surface area contributed by atoms with Crippen LogP contribution in [0.1, 0.15) is 42.4 Å². The Balaban J connectivity index is 2.34. The highest BCUT2D eigenvalue weighted by molar-refractivity contribution is 6.05. The minimum Gasteiger partial charge on any atom is -0.480 e. The fraction of sp³-hybridized carbons (Fsp3) is 0.455. The van der Waals surface area contributed by atoms with E-state index in [1.165, 1.54) is 14.2 Å². The average Bonchev–Trinajstić information content (AvgIpc) is 3.37. The maximum atomic E-state index is 12.3. The minimum atomic E-state index is -1.30. The highest BCUT2D eigenvalue weighted by Gasteiger charge is 2.69. The molecule has 1 unspecified atom stereocenters. The summed E-state index contributed by atoms with van der Waals surface area (Å²) in [6, 6.07) is 3.95. The summed E-state index contributed by atoms with van der Waals surface area (Å²) in [6.07, 6.45) is 0.965. The Morgan fingerprint density at radius 2 is 1.81 bits per heavy atom. The van der Waals surface area contributed by atoms with Gasteiger partial charge in [-0.25, -0.2) is 0 Å².